The molecule has 0 atom stereocenters. The molecule has 5 nitrogen and oxygen atoms in total. The molecule has 130 valence electrons. The normalized spacial score (nSPS) is 11.3. The Morgan fingerprint density at radius 2 is 1.46 bits per heavy atom. The summed E-state index contributed by atoms with van der Waals surface area (Å²) >= 11 is 0. The minimum absolute atomic E-state index is 0.0870. The molecule has 0 bridgehead atoms. The van der Waals surface area contributed by atoms with Crippen molar-refractivity contribution in [3.8, 4) is 11.8 Å². The smallest absolute Gasteiger partial charge is 0.339 e. The molecular formula is C19H24O5. The standard InChI is InChI=1S/C19H24O5/c1-18(2,3)23-16(21)14-10-9-13(8-7-11-20)12-15(14)17(22)24-19(4,5)6/h9-10,12,20H,11H2,1-6H3. The lowest BCUT2D eigenvalue weighted by Gasteiger charge is -2.22. The van der Waals surface area contributed by atoms with Crippen LogP contribution in [0.4, 0.5) is 0 Å². The summed E-state index contributed by atoms with van der Waals surface area (Å²) in [5, 5.41) is 8.79. The van der Waals surface area contributed by atoms with Crippen LogP contribution >= 0.6 is 0 Å². The van der Waals surface area contributed by atoms with Crippen molar-refractivity contribution in [1.29, 1.82) is 0 Å². The molecule has 0 unspecified atom stereocenters. The van der Waals surface area contributed by atoms with Gasteiger partial charge in [-0.15, -0.1) is 0 Å². The molecule has 0 fully saturated rings. The summed E-state index contributed by atoms with van der Waals surface area (Å²) in [4.78, 5) is 24.8. The highest BCUT2D eigenvalue weighted by molar-refractivity contribution is 6.03. The van der Waals surface area contributed by atoms with Gasteiger partial charge in [0.1, 0.15) is 17.8 Å². The minimum Gasteiger partial charge on any atom is -0.456 e. The Balaban J connectivity index is 3.32. The summed E-state index contributed by atoms with van der Waals surface area (Å²) < 4.78 is 10.7. The van der Waals surface area contributed by atoms with E-state index < -0.39 is 23.1 Å². The Morgan fingerprint density at radius 3 is 1.92 bits per heavy atom. The number of benzene rings is 1. The van der Waals surface area contributed by atoms with Crippen LogP contribution in [0.2, 0.25) is 0 Å². The van der Waals surface area contributed by atoms with Gasteiger partial charge in [-0.1, -0.05) is 11.8 Å². The summed E-state index contributed by atoms with van der Waals surface area (Å²) in [6.07, 6.45) is 0. The van der Waals surface area contributed by atoms with Gasteiger partial charge in [-0.2, -0.15) is 0 Å². The lowest BCUT2D eigenvalue weighted by molar-refractivity contribution is 0.00187. The molecule has 0 aliphatic rings. The van der Waals surface area contributed by atoms with Gasteiger partial charge >= 0.3 is 11.9 Å². The number of carbonyl (C=O) groups excluding carboxylic acids is 2. The molecule has 24 heavy (non-hydrogen) atoms. The summed E-state index contributed by atoms with van der Waals surface area (Å²) in [6.45, 7) is 10.2. The van der Waals surface area contributed by atoms with Crippen LogP contribution in [-0.2, 0) is 9.47 Å². The van der Waals surface area contributed by atoms with Gasteiger partial charge in [0, 0.05) is 5.56 Å². The van der Waals surface area contributed by atoms with E-state index in [0.717, 1.165) is 0 Å². The van der Waals surface area contributed by atoms with Gasteiger partial charge in [-0.25, -0.2) is 9.59 Å². The highest BCUT2D eigenvalue weighted by atomic mass is 16.6. The van der Waals surface area contributed by atoms with Crippen molar-refractivity contribution < 1.29 is 24.2 Å². The first kappa shape index (κ1) is 19.7. The Morgan fingerprint density at radius 1 is 0.958 bits per heavy atom. The van der Waals surface area contributed by atoms with Crippen LogP contribution in [0.15, 0.2) is 18.2 Å². The first-order valence-electron chi connectivity index (χ1n) is 7.63. The predicted octanol–water partition coefficient (Wildman–Crippen LogP) is 2.94. The summed E-state index contributed by atoms with van der Waals surface area (Å²) in [5.41, 5.74) is -0.679. The van der Waals surface area contributed by atoms with Crippen LogP contribution in [0.1, 0.15) is 67.8 Å². The van der Waals surface area contributed by atoms with Crippen LogP contribution in [0, 0.1) is 11.8 Å². The molecule has 0 aliphatic heterocycles. The number of ether oxygens (including phenoxy) is 2. The van der Waals surface area contributed by atoms with E-state index in [1.165, 1.54) is 12.1 Å². The first-order chi connectivity index (χ1) is 10.9. The van der Waals surface area contributed by atoms with Gasteiger partial charge in [-0.3, -0.25) is 0 Å². The molecule has 0 aromatic heterocycles. The maximum Gasteiger partial charge on any atom is 0.339 e. The van der Waals surface area contributed by atoms with Gasteiger partial charge in [-0.05, 0) is 59.7 Å². The maximum absolute atomic E-state index is 12.4. The number of aliphatic hydroxyl groups excluding tert-OH is 1. The Labute approximate surface area is 143 Å². The Kier molecular flexibility index (Phi) is 6.16. The Hall–Kier alpha value is -2.32. The molecule has 0 saturated carbocycles. The van der Waals surface area contributed by atoms with Gasteiger partial charge in [0.2, 0.25) is 0 Å². The lowest BCUT2D eigenvalue weighted by atomic mass is 10.0. The largest absolute Gasteiger partial charge is 0.456 e. The number of aliphatic hydroxyl groups is 1. The van der Waals surface area contributed by atoms with Crippen molar-refractivity contribution in [1.82, 2.24) is 0 Å². The number of esters is 2. The van der Waals surface area contributed by atoms with E-state index in [4.69, 9.17) is 14.6 Å². The molecule has 0 radical (unpaired) electrons. The van der Waals surface area contributed by atoms with Crippen molar-refractivity contribution in [2.24, 2.45) is 0 Å². The molecule has 5 heteroatoms. The van der Waals surface area contributed by atoms with Gasteiger partial charge in [0.25, 0.3) is 0 Å². The summed E-state index contributed by atoms with van der Waals surface area (Å²) in [5.74, 6) is 3.97. The van der Waals surface area contributed by atoms with Crippen molar-refractivity contribution in [2.45, 2.75) is 52.7 Å². The van der Waals surface area contributed by atoms with Crippen molar-refractivity contribution in [3.63, 3.8) is 0 Å². The van der Waals surface area contributed by atoms with E-state index in [9.17, 15) is 9.59 Å². The number of hydrogen-bond acceptors (Lipinski definition) is 5. The highest BCUT2D eigenvalue weighted by Crippen LogP contribution is 2.20. The molecule has 1 N–H and O–H groups in total. The minimum atomic E-state index is -0.699. The van der Waals surface area contributed by atoms with E-state index in [0.29, 0.717) is 5.56 Å². The van der Waals surface area contributed by atoms with Crippen LogP contribution in [0.25, 0.3) is 0 Å². The molecular weight excluding hydrogens is 308 g/mol. The zero-order valence-electron chi connectivity index (χ0n) is 15.0. The van der Waals surface area contributed by atoms with Gasteiger partial charge in [0.15, 0.2) is 0 Å². The monoisotopic (exact) mass is 332 g/mol. The summed E-state index contributed by atoms with van der Waals surface area (Å²) in [7, 11) is 0. The van der Waals surface area contributed by atoms with Crippen LogP contribution in [0.5, 0.6) is 0 Å². The molecule has 0 aliphatic carbocycles. The van der Waals surface area contributed by atoms with Crippen molar-refractivity contribution >= 4 is 11.9 Å². The second kappa shape index (κ2) is 7.50. The summed E-state index contributed by atoms with van der Waals surface area (Å²) in [6, 6.07) is 4.54. The average Bonchev–Trinajstić information content (AvgIpc) is 2.41. The topological polar surface area (TPSA) is 72.8 Å². The van der Waals surface area contributed by atoms with Crippen LogP contribution < -0.4 is 0 Å². The molecule has 0 heterocycles. The SMILES string of the molecule is CC(C)(C)OC(=O)c1ccc(C#CCO)cc1C(=O)OC(C)(C)C. The van der Waals surface area contributed by atoms with Crippen molar-refractivity contribution in [3.05, 3.63) is 34.9 Å². The molecule has 0 saturated heterocycles. The second-order valence-corrected chi connectivity index (χ2v) is 7.22. The lowest BCUT2D eigenvalue weighted by Crippen LogP contribution is -2.28. The number of carbonyl (C=O) groups is 2. The fraction of sp³-hybridized carbons (Fsp3) is 0.474. The molecule has 1 rings (SSSR count). The molecule has 0 spiro atoms. The number of rotatable bonds is 2. The van der Waals surface area contributed by atoms with Gasteiger partial charge < -0.3 is 14.6 Å². The predicted molar refractivity (Wildman–Crippen MR) is 90.7 cm³/mol. The van der Waals surface area contributed by atoms with E-state index >= 15 is 0 Å². The maximum atomic E-state index is 12.4. The fourth-order valence-corrected chi connectivity index (χ4v) is 1.78. The van der Waals surface area contributed by atoms with E-state index in [1.807, 2.05) is 0 Å². The molecule has 1 aromatic carbocycles. The first-order valence-corrected chi connectivity index (χ1v) is 7.63. The second-order valence-electron chi connectivity index (χ2n) is 7.22. The third kappa shape index (κ3) is 6.43. The average molecular weight is 332 g/mol. The Bertz CT molecular complexity index is 678. The molecule has 1 aromatic rings. The molecule has 0 amide bonds. The zero-order valence-corrected chi connectivity index (χ0v) is 15.0. The highest BCUT2D eigenvalue weighted by Gasteiger charge is 2.26. The zero-order chi connectivity index (χ0) is 18.5. The fourth-order valence-electron chi connectivity index (χ4n) is 1.78. The quantitative estimate of drug-likeness (QED) is 0.666. The third-order valence-corrected chi connectivity index (χ3v) is 2.57. The van der Waals surface area contributed by atoms with E-state index in [1.54, 1.807) is 47.6 Å². The van der Waals surface area contributed by atoms with E-state index in [2.05, 4.69) is 11.8 Å². The van der Waals surface area contributed by atoms with Crippen molar-refractivity contribution in [2.75, 3.05) is 6.61 Å². The van der Waals surface area contributed by atoms with E-state index in [-0.39, 0.29) is 17.7 Å². The number of hydrogen-bond donors (Lipinski definition) is 1. The van der Waals surface area contributed by atoms with Crippen LogP contribution in [-0.4, -0.2) is 34.9 Å². The van der Waals surface area contributed by atoms with Crippen LogP contribution in [0.3, 0.4) is 0 Å². The third-order valence-electron chi connectivity index (χ3n) is 2.57. The van der Waals surface area contributed by atoms with Gasteiger partial charge in [0.05, 0.1) is 11.1 Å².